The van der Waals surface area contributed by atoms with Crippen LogP contribution in [-0.4, -0.2) is 17.9 Å². The van der Waals surface area contributed by atoms with Crippen LogP contribution in [0.3, 0.4) is 0 Å². The van der Waals surface area contributed by atoms with Crippen LogP contribution < -0.4 is 9.47 Å². The summed E-state index contributed by atoms with van der Waals surface area (Å²) in [6.07, 6.45) is 4.27. The van der Waals surface area contributed by atoms with Gasteiger partial charge in [-0.3, -0.25) is 4.79 Å². The molecule has 1 N–H and O–H groups in total. The monoisotopic (exact) mass is 370 g/mol. The van der Waals surface area contributed by atoms with Gasteiger partial charge in [0, 0.05) is 54.3 Å². The quantitative estimate of drug-likeness (QED) is 0.526. The topological polar surface area (TPSA) is 40.0 Å². The summed E-state index contributed by atoms with van der Waals surface area (Å²) in [5, 5.41) is 2.27. The minimum absolute atomic E-state index is 0.0152. The first kappa shape index (κ1) is 18.0. The lowest BCUT2D eigenvalue weighted by Crippen LogP contribution is -2.34. The zero-order valence-electron chi connectivity index (χ0n) is 16.7. The Labute approximate surface area is 164 Å². The van der Waals surface area contributed by atoms with E-state index in [1.165, 1.54) is 10.9 Å². The van der Waals surface area contributed by atoms with E-state index in [1.807, 2.05) is 25.2 Å². The molecular formula is C24H24N3O+. The summed E-state index contributed by atoms with van der Waals surface area (Å²) < 4.78 is 2.16. The van der Waals surface area contributed by atoms with Gasteiger partial charge in [0.25, 0.3) is 0 Å². The molecular weight excluding hydrogens is 346 g/mol. The molecule has 0 saturated carbocycles. The fraction of sp³-hybridized carbons (Fsp3) is 0.167. The van der Waals surface area contributed by atoms with Gasteiger partial charge in [-0.2, -0.15) is 4.57 Å². The highest BCUT2D eigenvalue weighted by atomic mass is 16.2. The number of carbonyl (C=O) groups excluding carboxylic acids is 1. The van der Waals surface area contributed by atoms with E-state index < -0.39 is 0 Å². The average Bonchev–Trinajstić information content (AvgIpc) is 3.02. The summed E-state index contributed by atoms with van der Waals surface area (Å²) >= 11 is 0. The Hall–Kier alpha value is -3.40. The van der Waals surface area contributed by atoms with Gasteiger partial charge in [-0.1, -0.05) is 30.3 Å². The maximum Gasteiger partial charge on any atom is 0.223 e. The van der Waals surface area contributed by atoms with Gasteiger partial charge < -0.3 is 9.88 Å². The van der Waals surface area contributed by atoms with E-state index in [0.717, 1.165) is 33.5 Å². The maximum absolute atomic E-state index is 12.0. The van der Waals surface area contributed by atoms with E-state index in [4.69, 9.17) is 0 Å². The number of amides is 1. The molecule has 1 amide bonds. The summed E-state index contributed by atoms with van der Waals surface area (Å²) in [6, 6.07) is 18.6. The molecule has 28 heavy (non-hydrogen) atoms. The minimum Gasteiger partial charge on any atom is -0.358 e. The Morgan fingerprint density at radius 2 is 1.71 bits per heavy atom. The summed E-state index contributed by atoms with van der Waals surface area (Å²) in [4.78, 5) is 17.2. The second kappa shape index (κ2) is 6.97. The van der Waals surface area contributed by atoms with Crippen LogP contribution in [0.15, 0.2) is 54.6 Å². The number of rotatable bonds is 3. The molecule has 0 spiro atoms. The number of aromatic nitrogens is 2. The molecule has 2 heterocycles. The molecule has 2 aromatic heterocycles. The van der Waals surface area contributed by atoms with Crippen molar-refractivity contribution < 1.29 is 9.36 Å². The number of para-hydroxylation sites is 2. The molecule has 0 aliphatic carbocycles. The van der Waals surface area contributed by atoms with E-state index in [0.29, 0.717) is 0 Å². The van der Waals surface area contributed by atoms with Gasteiger partial charge in [-0.15, -0.1) is 0 Å². The lowest BCUT2D eigenvalue weighted by Gasteiger charge is -2.17. The third-order valence-electron chi connectivity index (χ3n) is 5.41. The Bertz CT molecular complexity index is 1230. The van der Waals surface area contributed by atoms with Gasteiger partial charge in [0.2, 0.25) is 17.1 Å². The molecule has 0 saturated heterocycles. The number of aromatic amines is 1. The van der Waals surface area contributed by atoms with E-state index in [-0.39, 0.29) is 5.91 Å². The Morgan fingerprint density at radius 1 is 1.04 bits per heavy atom. The van der Waals surface area contributed by atoms with Crippen LogP contribution in [0.2, 0.25) is 0 Å². The van der Waals surface area contributed by atoms with Gasteiger partial charge in [0.1, 0.15) is 7.05 Å². The SMILES string of the molecule is CC(=O)N(C)c1cc(/C=C/c2c(C)[nH]c3ccccc23)[n+](C)c2ccccc12. The second-order valence-corrected chi connectivity index (χ2v) is 7.15. The number of anilines is 1. The van der Waals surface area contributed by atoms with Gasteiger partial charge >= 0.3 is 0 Å². The van der Waals surface area contributed by atoms with Crippen molar-refractivity contribution in [3.8, 4) is 0 Å². The first-order chi connectivity index (χ1) is 13.5. The molecule has 0 aliphatic heterocycles. The van der Waals surface area contributed by atoms with Crippen LogP contribution in [0.5, 0.6) is 0 Å². The van der Waals surface area contributed by atoms with Crippen LogP contribution in [-0.2, 0) is 11.8 Å². The highest BCUT2D eigenvalue weighted by molar-refractivity contribution is 6.01. The van der Waals surface area contributed by atoms with Gasteiger partial charge in [-0.25, -0.2) is 0 Å². The van der Waals surface area contributed by atoms with Crippen LogP contribution in [0, 0.1) is 6.92 Å². The Balaban J connectivity index is 1.89. The number of nitrogens with one attached hydrogen (secondary N) is 1. The first-order valence-corrected chi connectivity index (χ1v) is 9.39. The lowest BCUT2D eigenvalue weighted by atomic mass is 10.1. The molecule has 0 aliphatic rings. The summed E-state index contributed by atoms with van der Waals surface area (Å²) in [5.41, 5.74) is 6.50. The van der Waals surface area contributed by atoms with E-state index in [1.54, 1.807) is 11.8 Å². The molecule has 0 bridgehead atoms. The van der Waals surface area contributed by atoms with Gasteiger partial charge in [0.15, 0.2) is 0 Å². The molecule has 0 radical (unpaired) electrons. The Morgan fingerprint density at radius 3 is 2.46 bits per heavy atom. The molecule has 4 nitrogen and oxygen atoms in total. The number of H-pyrrole nitrogens is 1. The third-order valence-corrected chi connectivity index (χ3v) is 5.41. The number of hydrogen-bond acceptors (Lipinski definition) is 1. The summed E-state index contributed by atoms with van der Waals surface area (Å²) in [7, 11) is 3.88. The van der Waals surface area contributed by atoms with E-state index in [9.17, 15) is 4.79 Å². The number of fused-ring (bicyclic) bond motifs is 2. The van der Waals surface area contributed by atoms with Crippen LogP contribution in [0.25, 0.3) is 34.0 Å². The smallest absolute Gasteiger partial charge is 0.223 e. The molecule has 0 unspecified atom stereocenters. The average molecular weight is 370 g/mol. The van der Waals surface area contributed by atoms with Crippen molar-refractivity contribution in [3.63, 3.8) is 0 Å². The normalized spacial score (nSPS) is 11.6. The molecule has 4 heteroatoms. The van der Waals surface area contributed by atoms with Crippen molar-refractivity contribution in [2.75, 3.05) is 11.9 Å². The number of carbonyl (C=O) groups is 1. The summed E-state index contributed by atoms with van der Waals surface area (Å²) in [6.45, 7) is 3.68. The fourth-order valence-corrected chi connectivity index (χ4v) is 3.73. The van der Waals surface area contributed by atoms with Crippen molar-refractivity contribution in [1.29, 1.82) is 0 Å². The zero-order chi connectivity index (χ0) is 19.8. The zero-order valence-corrected chi connectivity index (χ0v) is 16.7. The standard InChI is InChI=1S/C24H23N3O/c1-16-19(20-9-5-7-11-22(20)25-16)14-13-18-15-24(26(3)17(2)28)21-10-6-8-12-23(21)27(18)4/h5-15H,1-4H3/p+1. The Kier molecular flexibility index (Phi) is 4.47. The van der Waals surface area contributed by atoms with Crippen LogP contribution in [0.1, 0.15) is 23.9 Å². The first-order valence-electron chi connectivity index (χ1n) is 9.39. The predicted octanol–water partition coefficient (Wildman–Crippen LogP) is 4.61. The molecule has 0 atom stereocenters. The maximum atomic E-state index is 12.0. The van der Waals surface area contributed by atoms with E-state index in [2.05, 4.69) is 72.1 Å². The fourth-order valence-electron chi connectivity index (χ4n) is 3.73. The van der Waals surface area contributed by atoms with Crippen molar-refractivity contribution in [2.45, 2.75) is 13.8 Å². The molecule has 0 fully saturated rings. The predicted molar refractivity (Wildman–Crippen MR) is 116 cm³/mol. The van der Waals surface area contributed by atoms with Crippen molar-refractivity contribution >= 4 is 45.6 Å². The highest BCUT2D eigenvalue weighted by Crippen LogP contribution is 2.27. The van der Waals surface area contributed by atoms with Crippen molar-refractivity contribution in [2.24, 2.45) is 7.05 Å². The van der Waals surface area contributed by atoms with Crippen molar-refractivity contribution in [3.05, 3.63) is 71.5 Å². The highest BCUT2D eigenvalue weighted by Gasteiger charge is 2.18. The molecule has 2 aromatic carbocycles. The van der Waals surface area contributed by atoms with Crippen LogP contribution in [0.4, 0.5) is 5.69 Å². The largest absolute Gasteiger partial charge is 0.358 e. The number of hydrogen-bond donors (Lipinski definition) is 1. The number of nitrogens with zero attached hydrogens (tertiary/aromatic N) is 2. The number of pyridine rings is 1. The number of benzene rings is 2. The van der Waals surface area contributed by atoms with Crippen molar-refractivity contribution in [1.82, 2.24) is 4.98 Å². The minimum atomic E-state index is 0.0152. The third kappa shape index (κ3) is 2.97. The second-order valence-electron chi connectivity index (χ2n) is 7.15. The van der Waals surface area contributed by atoms with Crippen LogP contribution >= 0.6 is 0 Å². The van der Waals surface area contributed by atoms with E-state index >= 15 is 0 Å². The number of aryl methyl sites for hydroxylation is 2. The molecule has 4 aromatic rings. The molecule has 4 rings (SSSR count). The lowest BCUT2D eigenvalue weighted by molar-refractivity contribution is -0.646. The summed E-state index contributed by atoms with van der Waals surface area (Å²) in [5.74, 6) is 0.0152. The van der Waals surface area contributed by atoms with Gasteiger partial charge in [-0.05, 0) is 25.1 Å². The van der Waals surface area contributed by atoms with Gasteiger partial charge in [0.05, 0.1) is 11.1 Å². The molecule has 140 valence electrons.